The third-order valence-electron chi connectivity index (χ3n) is 7.28. The number of piperidine rings is 1. The van der Waals surface area contributed by atoms with Crippen molar-refractivity contribution in [2.24, 2.45) is 5.41 Å². The van der Waals surface area contributed by atoms with Crippen molar-refractivity contribution in [2.75, 3.05) is 52.9 Å². The number of amides is 2. The molecule has 2 aliphatic heterocycles. The average molecular weight is 567 g/mol. The van der Waals surface area contributed by atoms with Gasteiger partial charge in [0.25, 0.3) is 0 Å². The molecule has 39 heavy (non-hydrogen) atoms. The Morgan fingerprint density at radius 2 is 1.95 bits per heavy atom. The number of nitrogens with zero attached hydrogens (tertiary/aromatic N) is 2. The molecule has 1 atom stereocenters. The fourth-order valence-corrected chi connectivity index (χ4v) is 6.38. The van der Waals surface area contributed by atoms with E-state index in [1.54, 1.807) is 4.90 Å². The predicted octanol–water partition coefficient (Wildman–Crippen LogP) is 2.80. The van der Waals surface area contributed by atoms with E-state index in [9.17, 15) is 27.1 Å². The summed E-state index contributed by atoms with van der Waals surface area (Å²) in [5.74, 6) is -1.46. The number of carbonyl (C=O) groups excluding carboxylic acids is 1. The Hall–Kier alpha value is -2.80. The van der Waals surface area contributed by atoms with Crippen molar-refractivity contribution in [2.45, 2.75) is 37.2 Å². The number of likely N-dealkylation sites (tertiary alicyclic amines) is 1. The molecule has 0 bridgehead atoms. The summed E-state index contributed by atoms with van der Waals surface area (Å²) in [5.41, 5.74) is 0.0126. The topological polar surface area (TPSA) is 111 Å². The van der Waals surface area contributed by atoms with Gasteiger partial charge in [-0.2, -0.15) is 0 Å². The number of carbonyl (C=O) groups is 1. The minimum Gasteiger partial charge on any atom is -0.492 e. The fraction of sp³-hybridized carbons (Fsp3) is 0.519. The standard InChI is InChI=1S/C27H36F2N4O5S/c1-3-10-30-26(35)33-11-8-27(9-12-33)17-32(2)16-21(34)15-31-39(36,37)25-7-4-19(13-24(25)38-18-27)22-6-5-20(28)14-23(22)29/h4-7,13-14,21,31,34H,3,8-12,15-18H2,1-2H3,(H,30,35). The molecule has 4 rings (SSSR count). The molecule has 0 aliphatic carbocycles. The molecule has 12 heteroatoms. The first-order chi connectivity index (χ1) is 18.5. The molecule has 3 N–H and O–H groups in total. The van der Waals surface area contributed by atoms with Gasteiger partial charge in [0.15, 0.2) is 0 Å². The predicted molar refractivity (Wildman–Crippen MR) is 143 cm³/mol. The van der Waals surface area contributed by atoms with Crippen LogP contribution in [-0.2, 0) is 10.0 Å². The summed E-state index contributed by atoms with van der Waals surface area (Å²) in [7, 11) is -2.22. The summed E-state index contributed by atoms with van der Waals surface area (Å²) < 4.78 is 63.1. The Bertz CT molecular complexity index is 1280. The maximum absolute atomic E-state index is 14.6. The van der Waals surface area contributed by atoms with Crippen LogP contribution < -0.4 is 14.8 Å². The first kappa shape index (κ1) is 29.2. The van der Waals surface area contributed by atoms with Crippen LogP contribution in [0.5, 0.6) is 5.75 Å². The van der Waals surface area contributed by atoms with E-state index in [1.807, 2.05) is 18.9 Å². The Morgan fingerprint density at radius 1 is 1.21 bits per heavy atom. The van der Waals surface area contributed by atoms with Crippen molar-refractivity contribution in [1.82, 2.24) is 19.8 Å². The van der Waals surface area contributed by atoms with Gasteiger partial charge in [0.05, 0.1) is 12.7 Å². The van der Waals surface area contributed by atoms with Gasteiger partial charge >= 0.3 is 6.03 Å². The van der Waals surface area contributed by atoms with E-state index in [0.717, 1.165) is 18.6 Å². The second kappa shape index (κ2) is 12.2. The highest BCUT2D eigenvalue weighted by Crippen LogP contribution is 2.37. The number of urea groups is 1. The van der Waals surface area contributed by atoms with Crippen LogP contribution in [0.25, 0.3) is 11.1 Å². The summed E-state index contributed by atoms with van der Waals surface area (Å²) >= 11 is 0. The van der Waals surface area contributed by atoms with Crippen molar-refractivity contribution in [3.63, 3.8) is 0 Å². The number of ether oxygens (including phenoxy) is 1. The van der Waals surface area contributed by atoms with Crippen LogP contribution in [0.15, 0.2) is 41.3 Å². The minimum atomic E-state index is -4.08. The number of hydrogen-bond acceptors (Lipinski definition) is 6. The Kier molecular flexibility index (Phi) is 9.10. The summed E-state index contributed by atoms with van der Waals surface area (Å²) in [6.07, 6.45) is 1.11. The van der Waals surface area contributed by atoms with Crippen molar-refractivity contribution in [1.29, 1.82) is 0 Å². The van der Waals surface area contributed by atoms with E-state index < -0.39 is 33.2 Å². The number of β-amino-alcohol motifs (C(OH)–C–C–N with tert-alkyl or cyclic N) is 1. The smallest absolute Gasteiger partial charge is 0.317 e. The number of fused-ring (bicyclic) bond motifs is 1. The Labute approximate surface area is 228 Å². The number of aliphatic hydroxyl groups is 1. The van der Waals surface area contributed by atoms with Crippen molar-refractivity contribution in [3.05, 3.63) is 48.0 Å². The van der Waals surface area contributed by atoms with E-state index in [2.05, 4.69) is 10.0 Å². The molecule has 0 radical (unpaired) electrons. The third kappa shape index (κ3) is 7.05. The number of sulfonamides is 1. The fourth-order valence-electron chi connectivity index (χ4n) is 5.19. The second-order valence-corrected chi connectivity index (χ2v) is 12.2. The lowest BCUT2D eigenvalue weighted by molar-refractivity contribution is 0.0243. The average Bonchev–Trinajstić information content (AvgIpc) is 2.89. The van der Waals surface area contributed by atoms with Crippen molar-refractivity contribution >= 4 is 16.1 Å². The highest BCUT2D eigenvalue weighted by molar-refractivity contribution is 7.89. The molecule has 2 heterocycles. The van der Waals surface area contributed by atoms with Crippen LogP contribution in [0.1, 0.15) is 26.2 Å². The summed E-state index contributed by atoms with van der Waals surface area (Å²) in [4.78, 5) is 16.1. The van der Waals surface area contributed by atoms with Gasteiger partial charge in [-0.15, -0.1) is 0 Å². The van der Waals surface area contributed by atoms with Gasteiger partial charge in [-0.3, -0.25) is 0 Å². The molecule has 2 aromatic carbocycles. The van der Waals surface area contributed by atoms with E-state index >= 15 is 0 Å². The summed E-state index contributed by atoms with van der Waals surface area (Å²) in [6, 6.07) is 7.29. The zero-order valence-corrected chi connectivity index (χ0v) is 23.1. The van der Waals surface area contributed by atoms with Gasteiger partial charge < -0.3 is 25.0 Å². The van der Waals surface area contributed by atoms with Gasteiger partial charge in [-0.25, -0.2) is 26.7 Å². The summed E-state index contributed by atoms with van der Waals surface area (Å²) in [6.45, 7) is 4.35. The first-order valence-corrected chi connectivity index (χ1v) is 14.6. The van der Waals surface area contributed by atoms with E-state index in [1.165, 1.54) is 24.3 Å². The van der Waals surface area contributed by atoms with Crippen molar-refractivity contribution in [3.8, 4) is 16.9 Å². The van der Waals surface area contributed by atoms with E-state index in [0.29, 0.717) is 44.6 Å². The van der Waals surface area contributed by atoms with Crippen LogP contribution in [0.2, 0.25) is 0 Å². The summed E-state index contributed by atoms with van der Waals surface area (Å²) in [5, 5.41) is 13.4. The number of aliphatic hydroxyl groups excluding tert-OH is 1. The highest BCUT2D eigenvalue weighted by atomic mass is 32.2. The van der Waals surface area contributed by atoms with E-state index in [-0.39, 0.29) is 41.9 Å². The quantitative estimate of drug-likeness (QED) is 0.527. The van der Waals surface area contributed by atoms with Gasteiger partial charge in [0.2, 0.25) is 10.0 Å². The first-order valence-electron chi connectivity index (χ1n) is 13.1. The van der Waals surface area contributed by atoms with Gasteiger partial charge in [-0.1, -0.05) is 13.0 Å². The molecule has 9 nitrogen and oxygen atoms in total. The van der Waals surface area contributed by atoms with E-state index in [4.69, 9.17) is 4.74 Å². The molecule has 0 saturated carbocycles. The number of halogens is 2. The molecule has 1 spiro atoms. The van der Waals surface area contributed by atoms with Crippen molar-refractivity contribution < 1.29 is 31.8 Å². The lowest BCUT2D eigenvalue weighted by atomic mass is 9.78. The number of benzene rings is 2. The molecular weight excluding hydrogens is 530 g/mol. The molecule has 1 unspecified atom stereocenters. The molecule has 1 fully saturated rings. The Morgan fingerprint density at radius 3 is 2.64 bits per heavy atom. The lowest BCUT2D eigenvalue weighted by Crippen LogP contribution is -2.53. The minimum absolute atomic E-state index is 0.0314. The Balaban J connectivity index is 1.67. The molecule has 2 aliphatic rings. The second-order valence-electron chi connectivity index (χ2n) is 10.5. The zero-order valence-electron chi connectivity index (χ0n) is 22.3. The molecule has 2 aromatic rings. The van der Waals surface area contributed by atoms with Gasteiger partial charge in [-0.05, 0) is 56.1 Å². The van der Waals surface area contributed by atoms with Crippen LogP contribution >= 0.6 is 0 Å². The maximum atomic E-state index is 14.6. The zero-order chi connectivity index (χ0) is 28.2. The van der Waals surface area contributed by atoms with Crippen LogP contribution in [-0.4, -0.2) is 88.4 Å². The SMILES string of the molecule is CCCNC(=O)N1CCC2(CC1)COc1cc(-c3ccc(F)cc3F)ccc1S(=O)(=O)NCC(O)CN(C)C2. The number of hydrogen-bond donors (Lipinski definition) is 3. The van der Waals surface area contributed by atoms with Crippen LogP contribution in [0.3, 0.4) is 0 Å². The number of likely N-dealkylation sites (N-methyl/N-ethyl adjacent to an activating group) is 1. The lowest BCUT2D eigenvalue weighted by Gasteiger charge is -2.44. The molecule has 0 aromatic heterocycles. The molecule has 1 saturated heterocycles. The van der Waals surface area contributed by atoms with Gasteiger partial charge in [0.1, 0.15) is 22.3 Å². The normalized spacial score (nSPS) is 21.8. The number of nitrogens with one attached hydrogen (secondary N) is 2. The highest BCUT2D eigenvalue weighted by Gasteiger charge is 2.39. The largest absolute Gasteiger partial charge is 0.492 e. The van der Waals surface area contributed by atoms with Crippen LogP contribution in [0.4, 0.5) is 13.6 Å². The van der Waals surface area contributed by atoms with Crippen LogP contribution in [0, 0.1) is 17.0 Å². The maximum Gasteiger partial charge on any atom is 0.317 e. The molecular formula is C27H36F2N4O5S. The monoisotopic (exact) mass is 566 g/mol. The third-order valence-corrected chi connectivity index (χ3v) is 8.75. The number of rotatable bonds is 3. The molecule has 2 amide bonds. The van der Waals surface area contributed by atoms with Gasteiger partial charge in [0, 0.05) is 56.3 Å². The molecule has 214 valence electrons.